The molecule has 204 valence electrons. The molecule has 5 N–H and O–H groups in total. The average Bonchev–Trinajstić information content (AvgIpc) is 2.92. The highest BCUT2D eigenvalue weighted by atomic mass is 16.5. The summed E-state index contributed by atoms with van der Waals surface area (Å²) in [6, 6.07) is 18.5. The van der Waals surface area contributed by atoms with Gasteiger partial charge in [-0.3, -0.25) is 4.79 Å². The molecule has 0 saturated heterocycles. The average molecular weight is 523 g/mol. The van der Waals surface area contributed by atoms with Crippen molar-refractivity contribution >= 4 is 5.91 Å². The van der Waals surface area contributed by atoms with Crippen molar-refractivity contribution in [2.75, 3.05) is 27.3 Å². The molecule has 0 bridgehead atoms. The van der Waals surface area contributed by atoms with Crippen molar-refractivity contribution in [1.82, 2.24) is 10.6 Å². The predicted octanol–water partition coefficient (Wildman–Crippen LogP) is 3.06. The number of aliphatic hydroxyl groups is 2. The Morgan fingerprint density at radius 3 is 2.45 bits per heavy atom. The van der Waals surface area contributed by atoms with Crippen LogP contribution in [0.4, 0.5) is 0 Å². The number of ether oxygens (including phenoxy) is 2. The third-order valence-corrected chi connectivity index (χ3v) is 6.40. The zero-order valence-electron chi connectivity index (χ0n) is 22.2. The fourth-order valence-electron chi connectivity index (χ4n) is 4.29. The van der Waals surface area contributed by atoms with Crippen molar-refractivity contribution in [2.45, 2.75) is 44.9 Å². The van der Waals surface area contributed by atoms with Crippen molar-refractivity contribution in [1.29, 1.82) is 0 Å². The summed E-state index contributed by atoms with van der Waals surface area (Å²) in [5.41, 5.74) is 4.11. The van der Waals surface area contributed by atoms with Crippen molar-refractivity contribution in [3.63, 3.8) is 0 Å². The Balaban J connectivity index is 1.44. The second-order valence-corrected chi connectivity index (χ2v) is 9.36. The first-order valence-electron chi connectivity index (χ1n) is 12.7. The largest absolute Gasteiger partial charge is 0.508 e. The molecule has 0 spiro atoms. The van der Waals surface area contributed by atoms with Gasteiger partial charge in [-0.2, -0.15) is 0 Å². The predicted molar refractivity (Wildman–Crippen MR) is 147 cm³/mol. The van der Waals surface area contributed by atoms with E-state index in [2.05, 4.69) is 10.6 Å². The molecule has 0 saturated carbocycles. The molecule has 8 nitrogen and oxygen atoms in total. The third-order valence-electron chi connectivity index (χ3n) is 6.40. The molecular formula is C30H38N2O6. The van der Waals surface area contributed by atoms with Gasteiger partial charge in [0.1, 0.15) is 5.75 Å². The summed E-state index contributed by atoms with van der Waals surface area (Å²) in [5, 5.41) is 35.8. The van der Waals surface area contributed by atoms with E-state index in [1.54, 1.807) is 26.4 Å². The van der Waals surface area contributed by atoms with E-state index in [1.807, 2.05) is 49.4 Å². The highest BCUT2D eigenvalue weighted by molar-refractivity contribution is 5.78. The van der Waals surface area contributed by atoms with Gasteiger partial charge < -0.3 is 35.4 Å². The minimum Gasteiger partial charge on any atom is -0.508 e. The first-order valence-corrected chi connectivity index (χ1v) is 12.7. The van der Waals surface area contributed by atoms with Crippen molar-refractivity contribution < 1.29 is 29.6 Å². The Morgan fingerprint density at radius 2 is 1.71 bits per heavy atom. The van der Waals surface area contributed by atoms with E-state index < -0.39 is 6.10 Å². The summed E-state index contributed by atoms with van der Waals surface area (Å²) in [6.45, 7) is 2.61. The van der Waals surface area contributed by atoms with Crippen LogP contribution >= 0.6 is 0 Å². The maximum atomic E-state index is 12.5. The van der Waals surface area contributed by atoms with Crippen molar-refractivity contribution in [2.24, 2.45) is 0 Å². The van der Waals surface area contributed by atoms with Crippen LogP contribution in [0.1, 0.15) is 40.8 Å². The van der Waals surface area contributed by atoms with Gasteiger partial charge in [-0.1, -0.05) is 36.4 Å². The quantitative estimate of drug-likeness (QED) is 0.221. The zero-order valence-corrected chi connectivity index (χ0v) is 22.2. The van der Waals surface area contributed by atoms with Gasteiger partial charge in [-0.15, -0.1) is 0 Å². The molecule has 2 atom stereocenters. The first kappa shape index (κ1) is 29.0. The summed E-state index contributed by atoms with van der Waals surface area (Å²) in [6.07, 6.45) is 0.956. The number of hydrogen-bond acceptors (Lipinski definition) is 7. The number of carbonyl (C=O) groups is 1. The highest BCUT2D eigenvalue weighted by Crippen LogP contribution is 2.27. The normalized spacial score (nSPS) is 12.6. The first-order chi connectivity index (χ1) is 18.3. The Kier molecular flexibility index (Phi) is 11.0. The number of phenols is 1. The minimum absolute atomic E-state index is 0.0104. The summed E-state index contributed by atoms with van der Waals surface area (Å²) < 4.78 is 10.6. The van der Waals surface area contributed by atoms with Gasteiger partial charge in [0.15, 0.2) is 11.5 Å². The van der Waals surface area contributed by atoms with Crippen LogP contribution in [0.3, 0.4) is 0 Å². The van der Waals surface area contributed by atoms with E-state index >= 15 is 0 Å². The van der Waals surface area contributed by atoms with Gasteiger partial charge in [0.2, 0.25) is 5.91 Å². The van der Waals surface area contributed by atoms with E-state index in [0.717, 1.165) is 23.1 Å². The smallest absolute Gasteiger partial charge is 0.224 e. The monoisotopic (exact) mass is 522 g/mol. The van der Waals surface area contributed by atoms with E-state index in [-0.39, 0.29) is 24.3 Å². The molecule has 2 unspecified atom stereocenters. The van der Waals surface area contributed by atoms with Gasteiger partial charge in [-0.25, -0.2) is 0 Å². The van der Waals surface area contributed by atoms with Gasteiger partial charge in [-0.05, 0) is 66.3 Å². The molecule has 0 aliphatic rings. The number of nitrogens with one attached hydrogen (secondary N) is 2. The Morgan fingerprint density at radius 1 is 0.947 bits per heavy atom. The third kappa shape index (κ3) is 8.48. The second-order valence-electron chi connectivity index (χ2n) is 9.36. The topological polar surface area (TPSA) is 120 Å². The highest BCUT2D eigenvalue weighted by Gasteiger charge is 2.13. The van der Waals surface area contributed by atoms with Gasteiger partial charge in [0.25, 0.3) is 0 Å². The van der Waals surface area contributed by atoms with E-state index in [1.165, 1.54) is 6.07 Å². The maximum absolute atomic E-state index is 12.5. The fraction of sp³-hybridized carbons (Fsp3) is 0.367. The summed E-state index contributed by atoms with van der Waals surface area (Å²) >= 11 is 0. The maximum Gasteiger partial charge on any atom is 0.224 e. The number of aromatic hydroxyl groups is 1. The second kappa shape index (κ2) is 14.4. The van der Waals surface area contributed by atoms with Crippen LogP contribution in [0.5, 0.6) is 17.2 Å². The number of amides is 1. The van der Waals surface area contributed by atoms with Crippen LogP contribution in [0.2, 0.25) is 0 Å². The number of hydrogen-bond donors (Lipinski definition) is 5. The van der Waals surface area contributed by atoms with Crippen LogP contribution in [0.15, 0.2) is 60.7 Å². The van der Waals surface area contributed by atoms with E-state index in [9.17, 15) is 20.1 Å². The Hall–Kier alpha value is -3.59. The van der Waals surface area contributed by atoms with Crippen LogP contribution in [-0.4, -0.2) is 54.6 Å². The zero-order chi connectivity index (χ0) is 27.5. The van der Waals surface area contributed by atoms with Crippen molar-refractivity contribution in [3.8, 4) is 17.2 Å². The van der Waals surface area contributed by atoms with E-state index in [4.69, 9.17) is 9.47 Å². The molecule has 3 rings (SSSR count). The van der Waals surface area contributed by atoms with Crippen LogP contribution in [0, 0.1) is 0 Å². The number of carbonyl (C=O) groups excluding carboxylic acids is 1. The van der Waals surface area contributed by atoms with Gasteiger partial charge >= 0.3 is 0 Å². The molecule has 38 heavy (non-hydrogen) atoms. The van der Waals surface area contributed by atoms with Gasteiger partial charge in [0, 0.05) is 24.7 Å². The van der Waals surface area contributed by atoms with Crippen LogP contribution in [0.25, 0.3) is 0 Å². The van der Waals surface area contributed by atoms with E-state index in [0.29, 0.717) is 48.6 Å². The van der Waals surface area contributed by atoms with Gasteiger partial charge in [0.05, 0.1) is 33.4 Å². The SMILES string of the molecule is COc1ccc(CCNC(=O)Cc2cccc(CC(C)NCC(O)c3ccc(O)c(CO)c3)c2)cc1OC. The number of aliphatic hydroxyl groups excluding tert-OH is 2. The fourth-order valence-corrected chi connectivity index (χ4v) is 4.29. The number of benzene rings is 3. The van der Waals surface area contributed by atoms with Crippen molar-refractivity contribution in [3.05, 3.63) is 88.5 Å². The molecule has 0 fully saturated rings. The molecule has 8 heteroatoms. The summed E-state index contributed by atoms with van der Waals surface area (Å²) in [4.78, 5) is 12.5. The molecule has 0 aromatic heterocycles. The molecule has 0 aliphatic heterocycles. The minimum atomic E-state index is -0.766. The lowest BCUT2D eigenvalue weighted by molar-refractivity contribution is -0.120. The molecule has 0 radical (unpaired) electrons. The molecule has 3 aromatic carbocycles. The molecule has 3 aromatic rings. The standard InChI is InChI=1S/C30H38N2O6/c1-20(32-18-27(35)24-8-9-26(34)25(17-24)19-33)13-22-5-4-6-23(14-22)16-30(36)31-12-11-21-7-10-28(37-2)29(15-21)38-3/h4-10,14-15,17,20,27,32-35H,11-13,16,18-19H2,1-3H3,(H,31,36). The lowest BCUT2D eigenvalue weighted by atomic mass is 10.0. The lowest BCUT2D eigenvalue weighted by Crippen LogP contribution is -2.32. The molecular weight excluding hydrogens is 484 g/mol. The number of rotatable bonds is 14. The van der Waals surface area contributed by atoms with Crippen LogP contribution < -0.4 is 20.1 Å². The number of methoxy groups -OCH3 is 2. The van der Waals surface area contributed by atoms with Crippen LogP contribution in [-0.2, 0) is 30.7 Å². The molecule has 1 amide bonds. The Labute approximate surface area is 224 Å². The lowest BCUT2D eigenvalue weighted by Gasteiger charge is -2.18. The summed E-state index contributed by atoms with van der Waals surface area (Å²) in [5.74, 6) is 1.32. The molecule has 0 aliphatic carbocycles. The molecule has 0 heterocycles. The Bertz CT molecular complexity index is 1200. The summed E-state index contributed by atoms with van der Waals surface area (Å²) in [7, 11) is 3.20.